The Hall–Kier alpha value is -0.160. The van der Waals surface area contributed by atoms with Gasteiger partial charge in [-0.2, -0.15) is 0 Å². The van der Waals surface area contributed by atoms with Crippen molar-refractivity contribution in [3.05, 3.63) is 39.7 Å². The van der Waals surface area contributed by atoms with Gasteiger partial charge in [-0.15, -0.1) is 11.8 Å². The minimum Gasteiger partial charge on any atom is -0.224 e. The zero-order valence-electron chi connectivity index (χ0n) is 8.06. The minimum absolute atomic E-state index is 0.0396. The van der Waals surface area contributed by atoms with Crippen LogP contribution < -0.4 is 0 Å². The molecule has 1 aromatic carbocycles. The molecule has 0 aliphatic carbocycles. The molecule has 1 aliphatic rings. The summed E-state index contributed by atoms with van der Waals surface area (Å²) in [5.74, 6) is 0.151. The third-order valence-corrected chi connectivity index (χ3v) is 5.57. The van der Waals surface area contributed by atoms with Crippen LogP contribution in [0.2, 0.25) is 10.0 Å². The summed E-state index contributed by atoms with van der Waals surface area (Å²) >= 11 is 13.1. The van der Waals surface area contributed by atoms with Gasteiger partial charge in [0.15, 0.2) is 9.84 Å². The topological polar surface area (TPSA) is 34.1 Å². The lowest BCUT2D eigenvalue weighted by atomic mass is 10.4. The summed E-state index contributed by atoms with van der Waals surface area (Å²) in [6.07, 6.45) is 1.70. The minimum atomic E-state index is -2.99. The fourth-order valence-electron chi connectivity index (χ4n) is 1.35. The average Bonchev–Trinajstić information content (AvgIpc) is 2.52. The number of rotatable bonds is 2. The number of hydrogen-bond acceptors (Lipinski definition) is 3. The molecule has 0 radical (unpaired) electrons. The van der Waals surface area contributed by atoms with Gasteiger partial charge in [-0.05, 0) is 18.2 Å². The van der Waals surface area contributed by atoms with Crippen LogP contribution in [0.25, 0.3) is 0 Å². The lowest BCUT2D eigenvalue weighted by Crippen LogP contribution is -2.06. The van der Waals surface area contributed by atoms with Crippen molar-refractivity contribution >= 4 is 44.8 Å². The van der Waals surface area contributed by atoms with E-state index in [-0.39, 0.29) is 11.0 Å². The van der Waals surface area contributed by atoms with Gasteiger partial charge in [-0.1, -0.05) is 29.3 Å². The van der Waals surface area contributed by atoms with Crippen molar-refractivity contribution in [2.45, 2.75) is 10.1 Å². The molecule has 6 heteroatoms. The molecular formula is C10H8Cl2O2S2. The van der Waals surface area contributed by atoms with E-state index in [1.54, 1.807) is 18.2 Å². The van der Waals surface area contributed by atoms with Crippen LogP contribution in [0.3, 0.4) is 0 Å². The van der Waals surface area contributed by atoms with Crippen molar-refractivity contribution in [1.82, 2.24) is 0 Å². The molecule has 1 atom stereocenters. The third-order valence-electron chi connectivity index (χ3n) is 2.08. The predicted molar refractivity (Wildman–Crippen MR) is 69.0 cm³/mol. The van der Waals surface area contributed by atoms with Gasteiger partial charge < -0.3 is 0 Å². The van der Waals surface area contributed by atoms with E-state index >= 15 is 0 Å². The second-order valence-electron chi connectivity index (χ2n) is 3.39. The standard InChI is InChI=1S/C10H8Cl2O2S2/c11-9-2-1-7(5-10(9)12)15-8-3-4-16(13,14)6-8/h1-5,8H,6H2. The van der Waals surface area contributed by atoms with Crippen LogP contribution in [-0.4, -0.2) is 19.4 Å². The highest BCUT2D eigenvalue weighted by molar-refractivity contribution is 8.02. The fraction of sp³-hybridized carbons (Fsp3) is 0.200. The maximum atomic E-state index is 11.2. The molecule has 2 rings (SSSR count). The lowest BCUT2D eigenvalue weighted by Gasteiger charge is -2.07. The summed E-state index contributed by atoms with van der Waals surface area (Å²) in [7, 11) is -2.99. The van der Waals surface area contributed by atoms with Crippen molar-refractivity contribution in [2.24, 2.45) is 0 Å². The second-order valence-corrected chi connectivity index (χ2v) is 7.45. The van der Waals surface area contributed by atoms with Gasteiger partial charge >= 0.3 is 0 Å². The van der Waals surface area contributed by atoms with Crippen LogP contribution in [0.15, 0.2) is 34.6 Å². The van der Waals surface area contributed by atoms with Crippen molar-refractivity contribution in [3.63, 3.8) is 0 Å². The Balaban J connectivity index is 2.11. The fourth-order valence-corrected chi connectivity index (χ4v) is 4.60. The van der Waals surface area contributed by atoms with Gasteiger partial charge in [-0.25, -0.2) is 8.42 Å². The Morgan fingerprint density at radius 1 is 1.25 bits per heavy atom. The molecule has 0 amide bonds. The van der Waals surface area contributed by atoms with E-state index in [2.05, 4.69) is 0 Å². The molecular weight excluding hydrogens is 287 g/mol. The van der Waals surface area contributed by atoms with Crippen LogP contribution in [0.4, 0.5) is 0 Å². The number of halogens is 2. The molecule has 0 saturated carbocycles. The monoisotopic (exact) mass is 294 g/mol. The Labute approximate surface area is 109 Å². The highest BCUT2D eigenvalue weighted by Crippen LogP contribution is 2.32. The van der Waals surface area contributed by atoms with Crippen LogP contribution in [-0.2, 0) is 9.84 Å². The zero-order chi connectivity index (χ0) is 11.8. The first-order valence-electron chi connectivity index (χ1n) is 4.49. The largest absolute Gasteiger partial charge is 0.224 e. The van der Waals surface area contributed by atoms with E-state index in [1.165, 1.54) is 17.2 Å². The smallest absolute Gasteiger partial charge is 0.172 e. The number of hydrogen-bond donors (Lipinski definition) is 0. The van der Waals surface area contributed by atoms with Crippen LogP contribution in [0.5, 0.6) is 0 Å². The normalized spacial score (nSPS) is 22.5. The molecule has 0 saturated heterocycles. The Morgan fingerprint density at radius 2 is 2.00 bits per heavy atom. The summed E-state index contributed by atoms with van der Waals surface area (Å²) in [6, 6.07) is 5.28. The summed E-state index contributed by atoms with van der Waals surface area (Å²) in [5, 5.41) is 2.21. The zero-order valence-corrected chi connectivity index (χ0v) is 11.2. The van der Waals surface area contributed by atoms with Crippen molar-refractivity contribution < 1.29 is 8.42 Å². The molecule has 1 unspecified atom stereocenters. The van der Waals surface area contributed by atoms with E-state index in [0.717, 1.165) is 4.90 Å². The highest BCUT2D eigenvalue weighted by Gasteiger charge is 2.22. The van der Waals surface area contributed by atoms with Gasteiger partial charge in [0.2, 0.25) is 0 Å². The number of sulfone groups is 1. The van der Waals surface area contributed by atoms with Crippen molar-refractivity contribution in [3.8, 4) is 0 Å². The maximum Gasteiger partial charge on any atom is 0.172 e. The van der Waals surface area contributed by atoms with Gasteiger partial charge in [0.1, 0.15) is 0 Å². The van der Waals surface area contributed by atoms with E-state index in [1.807, 2.05) is 6.07 Å². The predicted octanol–water partition coefficient (Wildman–Crippen LogP) is 3.40. The molecule has 0 fully saturated rings. The van der Waals surface area contributed by atoms with Crippen LogP contribution >= 0.6 is 35.0 Å². The number of thioether (sulfide) groups is 1. The summed E-state index contributed by atoms with van der Waals surface area (Å²) in [6.45, 7) is 0. The first-order valence-corrected chi connectivity index (χ1v) is 7.84. The summed E-state index contributed by atoms with van der Waals surface area (Å²) in [4.78, 5) is 0.918. The third kappa shape index (κ3) is 2.94. The molecule has 86 valence electrons. The molecule has 0 spiro atoms. The van der Waals surface area contributed by atoms with E-state index in [0.29, 0.717) is 10.0 Å². The van der Waals surface area contributed by atoms with Crippen molar-refractivity contribution in [2.75, 3.05) is 5.75 Å². The first-order chi connectivity index (χ1) is 7.46. The van der Waals surface area contributed by atoms with E-state index in [4.69, 9.17) is 23.2 Å². The van der Waals surface area contributed by atoms with Gasteiger partial charge in [0.05, 0.1) is 15.8 Å². The van der Waals surface area contributed by atoms with Gasteiger partial charge in [0, 0.05) is 15.6 Å². The molecule has 1 aliphatic heterocycles. The highest BCUT2D eigenvalue weighted by atomic mass is 35.5. The molecule has 0 bridgehead atoms. The first kappa shape index (κ1) is 12.3. The Morgan fingerprint density at radius 3 is 2.56 bits per heavy atom. The molecule has 1 aromatic rings. The maximum absolute atomic E-state index is 11.2. The Bertz CT molecular complexity index is 538. The summed E-state index contributed by atoms with van der Waals surface area (Å²) in [5.41, 5.74) is 0. The molecule has 1 heterocycles. The molecule has 0 aromatic heterocycles. The van der Waals surface area contributed by atoms with E-state index < -0.39 is 9.84 Å². The van der Waals surface area contributed by atoms with Crippen LogP contribution in [0.1, 0.15) is 0 Å². The number of benzene rings is 1. The lowest BCUT2D eigenvalue weighted by molar-refractivity contribution is 0.606. The SMILES string of the molecule is O=S1(=O)C=CC(Sc2ccc(Cl)c(Cl)c2)C1. The molecule has 0 N–H and O–H groups in total. The average molecular weight is 295 g/mol. The quantitative estimate of drug-likeness (QED) is 0.838. The molecule has 2 nitrogen and oxygen atoms in total. The van der Waals surface area contributed by atoms with E-state index in [9.17, 15) is 8.42 Å². The van der Waals surface area contributed by atoms with Gasteiger partial charge in [-0.3, -0.25) is 0 Å². The van der Waals surface area contributed by atoms with Gasteiger partial charge in [0.25, 0.3) is 0 Å². The molecule has 16 heavy (non-hydrogen) atoms. The Kier molecular flexibility index (Phi) is 3.54. The van der Waals surface area contributed by atoms with Crippen molar-refractivity contribution in [1.29, 1.82) is 0 Å². The second kappa shape index (κ2) is 4.61. The summed E-state index contributed by atoms with van der Waals surface area (Å²) < 4.78 is 22.4. The van der Waals surface area contributed by atoms with Crippen LogP contribution in [0, 0.1) is 0 Å².